The van der Waals surface area contributed by atoms with E-state index in [2.05, 4.69) is 4.90 Å². The summed E-state index contributed by atoms with van der Waals surface area (Å²) in [5, 5.41) is 0. The van der Waals surface area contributed by atoms with Gasteiger partial charge in [-0.3, -0.25) is 14.5 Å². The molecule has 3 rings (SSSR count). The van der Waals surface area contributed by atoms with Crippen LogP contribution in [0.1, 0.15) is 64.2 Å². The van der Waals surface area contributed by atoms with Crippen LogP contribution in [0.2, 0.25) is 0 Å². The average molecular weight is 365 g/mol. The number of nitrogens with zero attached hydrogens (tertiary/aromatic N) is 3. The van der Waals surface area contributed by atoms with Gasteiger partial charge in [-0.05, 0) is 25.7 Å². The first-order valence-corrected chi connectivity index (χ1v) is 10.6. The maximum atomic E-state index is 12.8. The molecule has 148 valence electrons. The van der Waals surface area contributed by atoms with E-state index in [0.29, 0.717) is 25.7 Å². The molecule has 2 amide bonds. The van der Waals surface area contributed by atoms with Crippen LogP contribution in [-0.4, -0.2) is 77.9 Å². The Kier molecular flexibility index (Phi) is 6.56. The van der Waals surface area contributed by atoms with E-state index in [-0.39, 0.29) is 11.8 Å². The van der Waals surface area contributed by atoms with Crippen molar-refractivity contribution in [2.75, 3.05) is 39.8 Å². The molecule has 3 fully saturated rings. The van der Waals surface area contributed by atoms with Crippen LogP contribution in [0.3, 0.4) is 0 Å². The van der Waals surface area contributed by atoms with Crippen LogP contribution in [0, 0.1) is 0 Å². The van der Waals surface area contributed by atoms with Crippen LogP contribution in [0.15, 0.2) is 0 Å². The summed E-state index contributed by atoms with van der Waals surface area (Å²) >= 11 is 0. The molecule has 1 aliphatic heterocycles. The summed E-state index contributed by atoms with van der Waals surface area (Å²) in [6.07, 6.45) is 11.0. The van der Waals surface area contributed by atoms with Crippen LogP contribution < -0.4 is 5.73 Å². The molecule has 6 nitrogen and oxygen atoms in total. The van der Waals surface area contributed by atoms with Crippen molar-refractivity contribution in [2.45, 2.75) is 75.8 Å². The molecule has 0 aromatic rings. The monoisotopic (exact) mass is 364 g/mol. The molecule has 0 unspecified atom stereocenters. The largest absolute Gasteiger partial charge is 0.342 e. The summed E-state index contributed by atoms with van der Waals surface area (Å²) in [6, 6.07) is 0.419. The molecule has 1 saturated heterocycles. The SMILES string of the molecule is CN(C(=O)CN1CCN(C(=O)C2(N)CCCCC2)CC1)C1CCCCC1. The van der Waals surface area contributed by atoms with Crippen LogP contribution in [0.5, 0.6) is 0 Å². The minimum Gasteiger partial charge on any atom is -0.342 e. The molecule has 3 aliphatic rings. The zero-order valence-electron chi connectivity index (χ0n) is 16.4. The lowest BCUT2D eigenvalue weighted by atomic mass is 9.81. The molecule has 0 atom stereocenters. The third-order valence-corrected chi connectivity index (χ3v) is 6.71. The first-order valence-electron chi connectivity index (χ1n) is 10.6. The Hall–Kier alpha value is -1.14. The van der Waals surface area contributed by atoms with Crippen molar-refractivity contribution < 1.29 is 9.59 Å². The zero-order valence-corrected chi connectivity index (χ0v) is 16.4. The average Bonchev–Trinajstić information content (AvgIpc) is 2.68. The summed E-state index contributed by atoms with van der Waals surface area (Å²) < 4.78 is 0. The summed E-state index contributed by atoms with van der Waals surface area (Å²) in [5.74, 6) is 0.349. The van der Waals surface area contributed by atoms with Gasteiger partial charge in [0.1, 0.15) is 0 Å². The smallest absolute Gasteiger partial charge is 0.242 e. The van der Waals surface area contributed by atoms with Crippen molar-refractivity contribution in [1.29, 1.82) is 0 Å². The van der Waals surface area contributed by atoms with E-state index < -0.39 is 5.54 Å². The number of likely N-dealkylation sites (N-methyl/N-ethyl adjacent to an activating group) is 1. The molecular formula is C20H36N4O2. The van der Waals surface area contributed by atoms with Crippen molar-refractivity contribution in [1.82, 2.24) is 14.7 Å². The highest BCUT2D eigenvalue weighted by Gasteiger charge is 2.39. The second kappa shape index (κ2) is 8.70. The molecule has 1 heterocycles. The topological polar surface area (TPSA) is 69.9 Å². The van der Waals surface area contributed by atoms with Gasteiger partial charge in [-0.2, -0.15) is 0 Å². The van der Waals surface area contributed by atoms with E-state index in [9.17, 15) is 9.59 Å². The van der Waals surface area contributed by atoms with Gasteiger partial charge in [0.2, 0.25) is 11.8 Å². The molecular weight excluding hydrogens is 328 g/mol. The third-order valence-electron chi connectivity index (χ3n) is 6.71. The number of rotatable bonds is 4. The highest BCUT2D eigenvalue weighted by molar-refractivity contribution is 5.86. The van der Waals surface area contributed by atoms with E-state index in [1.54, 1.807) is 0 Å². The second-order valence-corrected chi connectivity index (χ2v) is 8.58. The minimum atomic E-state index is -0.641. The Morgan fingerprint density at radius 2 is 1.54 bits per heavy atom. The van der Waals surface area contributed by atoms with E-state index in [0.717, 1.165) is 51.6 Å². The molecule has 26 heavy (non-hydrogen) atoms. The van der Waals surface area contributed by atoms with Gasteiger partial charge in [0.25, 0.3) is 0 Å². The van der Waals surface area contributed by atoms with Crippen molar-refractivity contribution in [3.8, 4) is 0 Å². The molecule has 0 bridgehead atoms. The minimum absolute atomic E-state index is 0.127. The Labute approximate surface area is 158 Å². The van der Waals surface area contributed by atoms with E-state index >= 15 is 0 Å². The third kappa shape index (κ3) is 4.58. The van der Waals surface area contributed by atoms with Crippen molar-refractivity contribution >= 4 is 11.8 Å². The predicted molar refractivity (Wildman–Crippen MR) is 103 cm³/mol. The van der Waals surface area contributed by atoms with Gasteiger partial charge >= 0.3 is 0 Å². The maximum Gasteiger partial charge on any atom is 0.242 e. The number of hydrogen-bond acceptors (Lipinski definition) is 4. The number of hydrogen-bond donors (Lipinski definition) is 1. The molecule has 6 heteroatoms. The molecule has 0 spiro atoms. The fourth-order valence-corrected chi connectivity index (χ4v) is 4.80. The van der Waals surface area contributed by atoms with E-state index in [4.69, 9.17) is 5.73 Å². The summed E-state index contributed by atoms with van der Waals surface area (Å²) in [5.41, 5.74) is 5.76. The number of nitrogens with two attached hydrogens (primary N) is 1. The van der Waals surface area contributed by atoms with Crippen LogP contribution in [-0.2, 0) is 9.59 Å². The van der Waals surface area contributed by atoms with Gasteiger partial charge in [-0.1, -0.05) is 38.5 Å². The highest BCUT2D eigenvalue weighted by Crippen LogP contribution is 2.28. The van der Waals surface area contributed by atoms with Gasteiger partial charge in [0, 0.05) is 39.3 Å². The Morgan fingerprint density at radius 1 is 0.962 bits per heavy atom. The molecule has 2 saturated carbocycles. The maximum absolute atomic E-state index is 12.8. The Bertz CT molecular complexity index is 490. The molecule has 2 N–H and O–H groups in total. The van der Waals surface area contributed by atoms with Crippen LogP contribution in [0.25, 0.3) is 0 Å². The predicted octanol–water partition coefficient (Wildman–Crippen LogP) is 1.58. The van der Waals surface area contributed by atoms with Crippen molar-refractivity contribution in [2.24, 2.45) is 5.73 Å². The van der Waals surface area contributed by atoms with Crippen molar-refractivity contribution in [3.05, 3.63) is 0 Å². The van der Waals surface area contributed by atoms with Crippen LogP contribution in [0.4, 0.5) is 0 Å². The van der Waals surface area contributed by atoms with Crippen molar-refractivity contribution in [3.63, 3.8) is 0 Å². The van der Waals surface area contributed by atoms with Gasteiger partial charge in [-0.25, -0.2) is 0 Å². The van der Waals surface area contributed by atoms with E-state index in [1.807, 2.05) is 16.8 Å². The van der Waals surface area contributed by atoms with Crippen LogP contribution >= 0.6 is 0 Å². The summed E-state index contributed by atoms with van der Waals surface area (Å²) in [7, 11) is 1.96. The van der Waals surface area contributed by atoms with Gasteiger partial charge in [0.05, 0.1) is 12.1 Å². The lowest BCUT2D eigenvalue weighted by Gasteiger charge is -2.41. The summed E-state index contributed by atoms with van der Waals surface area (Å²) in [4.78, 5) is 31.5. The number of carbonyl (C=O) groups excluding carboxylic acids is 2. The lowest BCUT2D eigenvalue weighted by Crippen LogP contribution is -2.60. The van der Waals surface area contributed by atoms with E-state index in [1.165, 1.54) is 25.7 Å². The zero-order chi connectivity index (χ0) is 18.6. The number of piperazine rings is 1. The Morgan fingerprint density at radius 3 is 2.15 bits per heavy atom. The van der Waals surface area contributed by atoms with Gasteiger partial charge < -0.3 is 15.5 Å². The normalized spacial score (nSPS) is 25.1. The molecule has 0 aromatic carbocycles. The number of carbonyl (C=O) groups is 2. The quantitative estimate of drug-likeness (QED) is 0.822. The molecule has 0 aromatic heterocycles. The lowest BCUT2D eigenvalue weighted by molar-refractivity contribution is -0.140. The molecule has 2 aliphatic carbocycles. The number of amides is 2. The highest BCUT2D eigenvalue weighted by atomic mass is 16.2. The standard InChI is InChI=1S/C20H36N4O2/c1-22(17-8-4-2-5-9-17)18(25)16-23-12-14-24(15-13-23)19(26)20(21)10-6-3-7-11-20/h17H,2-16,21H2,1H3. The first-order chi connectivity index (χ1) is 12.5. The van der Waals surface area contributed by atoms with Gasteiger partial charge in [0.15, 0.2) is 0 Å². The summed E-state index contributed by atoms with van der Waals surface area (Å²) in [6.45, 7) is 3.40. The van der Waals surface area contributed by atoms with Gasteiger partial charge in [-0.15, -0.1) is 0 Å². The Balaban J connectivity index is 1.44. The fourth-order valence-electron chi connectivity index (χ4n) is 4.80. The first kappa shape index (κ1) is 19.6. The second-order valence-electron chi connectivity index (χ2n) is 8.58. The fraction of sp³-hybridized carbons (Fsp3) is 0.900. The molecule has 0 radical (unpaired) electrons.